The lowest BCUT2D eigenvalue weighted by Crippen LogP contribution is -2.10. The second-order valence-corrected chi connectivity index (χ2v) is 7.54. The Bertz CT molecular complexity index is 634. The fraction of sp³-hybridized carbons (Fsp3) is 0.368. The number of aryl methyl sites for hydroxylation is 2. The van der Waals surface area contributed by atoms with Gasteiger partial charge >= 0.3 is 0 Å². The van der Waals surface area contributed by atoms with Gasteiger partial charge in [0, 0.05) is 5.02 Å². The third-order valence-electron chi connectivity index (χ3n) is 3.96. The molecule has 0 heterocycles. The summed E-state index contributed by atoms with van der Waals surface area (Å²) in [5.41, 5.74) is 5.92. The Hall–Kier alpha value is -0.980. The first-order valence-corrected chi connectivity index (χ1v) is 8.03. The summed E-state index contributed by atoms with van der Waals surface area (Å²) < 4.78 is 0. The zero-order valence-electron chi connectivity index (χ0n) is 13.3. The Kier molecular flexibility index (Phi) is 4.70. The van der Waals surface area contributed by atoms with Gasteiger partial charge in [-0.05, 0) is 53.1 Å². The van der Waals surface area contributed by atoms with E-state index in [9.17, 15) is 0 Å². The van der Waals surface area contributed by atoms with Crippen molar-refractivity contribution in [2.45, 2.75) is 45.4 Å². The van der Waals surface area contributed by atoms with Crippen molar-refractivity contribution in [3.8, 4) is 0 Å². The van der Waals surface area contributed by atoms with Crippen molar-refractivity contribution in [1.82, 2.24) is 0 Å². The standard InChI is InChI=1S/C19H22Cl2/c1-12-10-16(17(20)11-13(12)2)18(21)14-6-8-15(9-7-14)19(3,4)5/h6-11,18H,1-5H3. The van der Waals surface area contributed by atoms with E-state index in [1.54, 1.807) is 0 Å². The van der Waals surface area contributed by atoms with Crippen molar-refractivity contribution in [2.75, 3.05) is 0 Å². The van der Waals surface area contributed by atoms with E-state index in [-0.39, 0.29) is 10.8 Å². The number of benzene rings is 2. The highest BCUT2D eigenvalue weighted by Crippen LogP contribution is 2.36. The molecule has 0 nitrogen and oxygen atoms in total. The highest BCUT2D eigenvalue weighted by Gasteiger charge is 2.17. The van der Waals surface area contributed by atoms with E-state index in [2.05, 4.69) is 65.0 Å². The Morgan fingerprint density at radius 2 is 1.43 bits per heavy atom. The maximum absolute atomic E-state index is 6.64. The van der Waals surface area contributed by atoms with E-state index in [4.69, 9.17) is 23.2 Å². The van der Waals surface area contributed by atoms with Crippen LogP contribution in [-0.4, -0.2) is 0 Å². The second kappa shape index (κ2) is 6.02. The van der Waals surface area contributed by atoms with Crippen LogP contribution in [0.15, 0.2) is 36.4 Å². The van der Waals surface area contributed by atoms with Crippen LogP contribution < -0.4 is 0 Å². The van der Waals surface area contributed by atoms with E-state index >= 15 is 0 Å². The molecule has 1 unspecified atom stereocenters. The molecule has 2 aromatic carbocycles. The minimum atomic E-state index is -0.217. The van der Waals surface area contributed by atoms with Gasteiger partial charge in [-0.25, -0.2) is 0 Å². The predicted molar refractivity (Wildman–Crippen MR) is 93.8 cm³/mol. The lowest BCUT2D eigenvalue weighted by atomic mass is 9.86. The summed E-state index contributed by atoms with van der Waals surface area (Å²) in [6.07, 6.45) is 0. The average Bonchev–Trinajstić information content (AvgIpc) is 2.41. The third-order valence-corrected chi connectivity index (χ3v) is 4.77. The number of halogens is 2. The summed E-state index contributed by atoms with van der Waals surface area (Å²) in [6, 6.07) is 12.6. The number of alkyl halides is 1. The quantitative estimate of drug-likeness (QED) is 0.548. The molecule has 112 valence electrons. The first kappa shape index (κ1) is 16.4. The van der Waals surface area contributed by atoms with Gasteiger partial charge in [-0.2, -0.15) is 0 Å². The average molecular weight is 321 g/mol. The predicted octanol–water partition coefficient (Wildman–Crippen LogP) is 6.58. The van der Waals surface area contributed by atoms with Crippen LogP contribution in [-0.2, 0) is 5.41 Å². The SMILES string of the molecule is Cc1cc(Cl)c(C(Cl)c2ccc(C(C)(C)C)cc2)cc1C. The van der Waals surface area contributed by atoms with E-state index in [0.717, 1.165) is 16.1 Å². The van der Waals surface area contributed by atoms with Gasteiger partial charge in [0.1, 0.15) is 0 Å². The molecule has 0 N–H and O–H groups in total. The smallest absolute Gasteiger partial charge is 0.0849 e. The van der Waals surface area contributed by atoms with Gasteiger partial charge in [-0.15, -0.1) is 11.6 Å². The minimum absolute atomic E-state index is 0.151. The zero-order chi connectivity index (χ0) is 15.8. The Balaban J connectivity index is 2.36. The van der Waals surface area contributed by atoms with Gasteiger partial charge in [-0.3, -0.25) is 0 Å². The summed E-state index contributed by atoms with van der Waals surface area (Å²) >= 11 is 13.0. The van der Waals surface area contributed by atoms with E-state index < -0.39 is 0 Å². The molecule has 0 saturated heterocycles. The van der Waals surface area contributed by atoms with Gasteiger partial charge < -0.3 is 0 Å². The summed E-state index contributed by atoms with van der Waals surface area (Å²) in [6.45, 7) is 10.8. The minimum Gasteiger partial charge on any atom is -0.113 e. The van der Waals surface area contributed by atoms with Crippen LogP contribution in [0.1, 0.15) is 54.0 Å². The normalized spacial score (nSPS) is 13.3. The molecule has 0 bridgehead atoms. The lowest BCUT2D eigenvalue weighted by molar-refractivity contribution is 0.590. The zero-order valence-corrected chi connectivity index (χ0v) is 14.8. The molecule has 2 aromatic rings. The van der Waals surface area contributed by atoms with Crippen LogP contribution in [0.5, 0.6) is 0 Å². The number of hydrogen-bond acceptors (Lipinski definition) is 0. The summed E-state index contributed by atoms with van der Waals surface area (Å²) in [4.78, 5) is 0. The largest absolute Gasteiger partial charge is 0.113 e. The second-order valence-electron chi connectivity index (χ2n) is 6.69. The van der Waals surface area contributed by atoms with Crippen LogP contribution in [0.3, 0.4) is 0 Å². The summed E-state index contributed by atoms with van der Waals surface area (Å²) in [7, 11) is 0. The van der Waals surface area contributed by atoms with Crippen molar-refractivity contribution in [3.05, 3.63) is 69.2 Å². The van der Waals surface area contributed by atoms with Crippen molar-refractivity contribution < 1.29 is 0 Å². The van der Waals surface area contributed by atoms with Crippen molar-refractivity contribution >= 4 is 23.2 Å². The number of rotatable bonds is 2. The van der Waals surface area contributed by atoms with Crippen LogP contribution in [0.4, 0.5) is 0 Å². The first-order chi connectivity index (χ1) is 9.70. The maximum atomic E-state index is 6.64. The monoisotopic (exact) mass is 320 g/mol. The van der Waals surface area contributed by atoms with Crippen LogP contribution >= 0.6 is 23.2 Å². The molecule has 0 aliphatic rings. The van der Waals surface area contributed by atoms with Crippen LogP contribution in [0.2, 0.25) is 5.02 Å². The van der Waals surface area contributed by atoms with E-state index in [1.807, 2.05) is 6.07 Å². The van der Waals surface area contributed by atoms with Crippen LogP contribution in [0, 0.1) is 13.8 Å². The molecule has 0 spiro atoms. The molecule has 1 atom stereocenters. The molecule has 0 radical (unpaired) electrons. The molecule has 0 aliphatic carbocycles. The molecule has 2 rings (SSSR count). The molecule has 21 heavy (non-hydrogen) atoms. The molecule has 0 fully saturated rings. The van der Waals surface area contributed by atoms with Crippen LogP contribution in [0.25, 0.3) is 0 Å². The van der Waals surface area contributed by atoms with Gasteiger partial charge in [-0.1, -0.05) is 62.7 Å². The summed E-state index contributed by atoms with van der Waals surface area (Å²) in [5.74, 6) is 0. The van der Waals surface area contributed by atoms with E-state index in [1.165, 1.54) is 16.7 Å². The Morgan fingerprint density at radius 1 is 0.905 bits per heavy atom. The lowest BCUT2D eigenvalue weighted by Gasteiger charge is -2.20. The van der Waals surface area contributed by atoms with Gasteiger partial charge in [0.2, 0.25) is 0 Å². The highest BCUT2D eigenvalue weighted by molar-refractivity contribution is 6.33. The fourth-order valence-electron chi connectivity index (χ4n) is 2.33. The molecule has 0 aromatic heterocycles. The molecule has 0 aliphatic heterocycles. The topological polar surface area (TPSA) is 0 Å². The molecule has 0 amide bonds. The third kappa shape index (κ3) is 3.62. The van der Waals surface area contributed by atoms with Crippen molar-refractivity contribution in [2.24, 2.45) is 0 Å². The first-order valence-electron chi connectivity index (χ1n) is 7.21. The van der Waals surface area contributed by atoms with Crippen molar-refractivity contribution in [1.29, 1.82) is 0 Å². The van der Waals surface area contributed by atoms with Gasteiger partial charge in [0.05, 0.1) is 5.38 Å². The number of hydrogen-bond donors (Lipinski definition) is 0. The summed E-state index contributed by atoms with van der Waals surface area (Å²) in [5, 5.41) is 0.517. The van der Waals surface area contributed by atoms with Gasteiger partial charge in [0.25, 0.3) is 0 Å². The van der Waals surface area contributed by atoms with E-state index in [0.29, 0.717) is 0 Å². The maximum Gasteiger partial charge on any atom is 0.0849 e. The van der Waals surface area contributed by atoms with Crippen molar-refractivity contribution in [3.63, 3.8) is 0 Å². The Labute approximate surface area is 138 Å². The molecule has 2 heteroatoms. The molecular formula is C19H22Cl2. The molecule has 0 saturated carbocycles. The Morgan fingerprint density at radius 3 is 1.95 bits per heavy atom. The fourth-order valence-corrected chi connectivity index (χ4v) is 3.04. The highest BCUT2D eigenvalue weighted by atomic mass is 35.5. The molecular weight excluding hydrogens is 299 g/mol. The van der Waals surface area contributed by atoms with Gasteiger partial charge in [0.15, 0.2) is 0 Å².